The molecule has 3 aromatic carbocycles. The third kappa shape index (κ3) is 4.94. The molecule has 0 radical (unpaired) electrons. The third-order valence-corrected chi connectivity index (χ3v) is 6.77. The Morgan fingerprint density at radius 2 is 1.20 bits per heavy atom. The third-order valence-electron chi connectivity index (χ3n) is 6.77. The van der Waals surface area contributed by atoms with Gasteiger partial charge in [0, 0.05) is 5.41 Å². The molecule has 2 aliphatic heterocycles. The van der Waals surface area contributed by atoms with Gasteiger partial charge in [-0.25, -0.2) is 19.2 Å². The van der Waals surface area contributed by atoms with Crippen LogP contribution in [0.15, 0.2) is 96.8 Å². The van der Waals surface area contributed by atoms with Gasteiger partial charge >= 0.3 is 23.9 Å². The zero-order chi connectivity index (χ0) is 28.6. The topological polar surface area (TPSA) is 105 Å². The second-order valence-corrected chi connectivity index (χ2v) is 9.67. The lowest BCUT2D eigenvalue weighted by molar-refractivity contribution is 0.0425. The van der Waals surface area contributed by atoms with E-state index in [9.17, 15) is 19.2 Å². The van der Waals surface area contributed by atoms with Gasteiger partial charge in [0.05, 0.1) is 22.3 Å². The highest BCUT2D eigenvalue weighted by molar-refractivity contribution is 6.15. The molecule has 0 bridgehead atoms. The molecular formula is C32H24O8. The maximum atomic E-state index is 11.8. The summed E-state index contributed by atoms with van der Waals surface area (Å²) in [5, 5.41) is 0. The van der Waals surface area contributed by atoms with Crippen molar-refractivity contribution in [1.82, 2.24) is 0 Å². The van der Waals surface area contributed by atoms with Crippen molar-refractivity contribution in [1.29, 1.82) is 0 Å². The summed E-state index contributed by atoms with van der Waals surface area (Å²) in [6.07, 6.45) is 5.63. The second-order valence-electron chi connectivity index (χ2n) is 9.67. The van der Waals surface area contributed by atoms with Gasteiger partial charge in [-0.2, -0.15) is 0 Å². The largest absolute Gasteiger partial charge is 0.458 e. The van der Waals surface area contributed by atoms with Crippen LogP contribution in [-0.2, 0) is 14.9 Å². The first-order valence-electron chi connectivity index (χ1n) is 12.4. The molecule has 3 aromatic rings. The van der Waals surface area contributed by atoms with Crippen molar-refractivity contribution in [2.24, 2.45) is 0 Å². The van der Waals surface area contributed by atoms with Gasteiger partial charge in [-0.15, -0.1) is 0 Å². The number of rotatable bonds is 8. The number of ether oxygens (including phenoxy) is 4. The summed E-state index contributed by atoms with van der Waals surface area (Å²) < 4.78 is 20.9. The lowest BCUT2D eigenvalue weighted by Crippen LogP contribution is -2.19. The summed E-state index contributed by atoms with van der Waals surface area (Å²) in [6, 6.07) is 16.7. The van der Waals surface area contributed by atoms with E-state index < -0.39 is 23.9 Å². The van der Waals surface area contributed by atoms with E-state index in [0.29, 0.717) is 23.0 Å². The molecule has 0 unspecified atom stereocenters. The number of cyclic esters (lactones) is 4. The van der Waals surface area contributed by atoms with Crippen molar-refractivity contribution >= 4 is 23.9 Å². The summed E-state index contributed by atoms with van der Waals surface area (Å²) in [5.74, 6) is -1.02. The molecule has 40 heavy (non-hydrogen) atoms. The van der Waals surface area contributed by atoms with Crippen LogP contribution < -0.4 is 9.47 Å². The molecule has 0 fully saturated rings. The van der Waals surface area contributed by atoms with Gasteiger partial charge in [-0.1, -0.05) is 44.7 Å². The fraction of sp³-hybridized carbons (Fsp3) is 0.125. The van der Waals surface area contributed by atoms with E-state index in [1.807, 2.05) is 43.3 Å². The standard InChI is InChI=1S/C32H24O8/c1-5-19(7-6-18(2)37-22-12-14-24-26(16-22)30(35)39-28(24)33)32(3,4)20-8-10-21(11-9-20)38-23-13-15-25-27(17-23)31(36)40-29(25)34/h5-17H,2H2,1,3-4H3/b7-6-,19-5+. The molecule has 0 N–H and O–H groups in total. The van der Waals surface area contributed by atoms with Gasteiger partial charge < -0.3 is 18.9 Å². The SMILES string of the molecule is C=C(/C=C\C(=C/C)C(C)(C)c1ccc(Oc2ccc3c(c2)C(=O)OC3=O)cc1)Oc1ccc2c(c1)C(=O)OC2=O. The van der Waals surface area contributed by atoms with Gasteiger partial charge in [0.2, 0.25) is 0 Å². The van der Waals surface area contributed by atoms with Crippen LogP contribution in [0.5, 0.6) is 17.2 Å². The van der Waals surface area contributed by atoms with E-state index in [-0.39, 0.29) is 27.7 Å². The Morgan fingerprint density at radius 3 is 1.77 bits per heavy atom. The number of allylic oxidation sites excluding steroid dienone is 4. The molecule has 0 saturated heterocycles. The Bertz CT molecular complexity index is 1650. The molecule has 0 saturated carbocycles. The van der Waals surface area contributed by atoms with Crippen molar-refractivity contribution in [3.63, 3.8) is 0 Å². The van der Waals surface area contributed by atoms with Crippen LogP contribution in [0.1, 0.15) is 67.8 Å². The van der Waals surface area contributed by atoms with Crippen molar-refractivity contribution in [3.8, 4) is 17.2 Å². The molecule has 0 amide bonds. The van der Waals surface area contributed by atoms with Crippen molar-refractivity contribution in [2.45, 2.75) is 26.2 Å². The molecular weight excluding hydrogens is 512 g/mol. The van der Waals surface area contributed by atoms with Gasteiger partial charge in [-0.3, -0.25) is 0 Å². The monoisotopic (exact) mass is 536 g/mol. The molecule has 200 valence electrons. The van der Waals surface area contributed by atoms with Crippen LogP contribution in [-0.4, -0.2) is 23.9 Å². The molecule has 0 spiro atoms. The minimum absolute atomic E-state index is 0.163. The summed E-state index contributed by atoms with van der Waals surface area (Å²) in [5.41, 5.74) is 2.41. The van der Waals surface area contributed by atoms with Crippen LogP contribution in [0.3, 0.4) is 0 Å². The van der Waals surface area contributed by atoms with Gasteiger partial charge in [0.25, 0.3) is 0 Å². The van der Waals surface area contributed by atoms with Crippen LogP contribution in [0.25, 0.3) is 0 Å². The summed E-state index contributed by atoms with van der Waals surface area (Å²) >= 11 is 0. The van der Waals surface area contributed by atoms with E-state index in [2.05, 4.69) is 29.9 Å². The maximum Gasteiger partial charge on any atom is 0.347 e. The van der Waals surface area contributed by atoms with Gasteiger partial charge in [0.1, 0.15) is 23.0 Å². The molecule has 2 aliphatic rings. The van der Waals surface area contributed by atoms with E-state index in [4.69, 9.17) is 9.47 Å². The smallest absolute Gasteiger partial charge is 0.347 e. The average molecular weight is 537 g/mol. The Labute approximate surface area is 230 Å². The number of fused-ring (bicyclic) bond motifs is 2. The number of benzene rings is 3. The number of esters is 4. The number of carbonyl (C=O) groups is 4. The minimum Gasteiger partial charge on any atom is -0.458 e. The second kappa shape index (κ2) is 10.1. The predicted octanol–water partition coefficient (Wildman–Crippen LogP) is 6.47. The zero-order valence-electron chi connectivity index (χ0n) is 22.0. The first-order chi connectivity index (χ1) is 19.1. The van der Waals surface area contributed by atoms with Gasteiger partial charge in [-0.05, 0) is 72.7 Å². The van der Waals surface area contributed by atoms with Crippen molar-refractivity contribution < 1.29 is 38.1 Å². The molecule has 0 aliphatic carbocycles. The number of hydrogen-bond acceptors (Lipinski definition) is 8. The van der Waals surface area contributed by atoms with E-state index in [1.54, 1.807) is 18.2 Å². The Kier molecular flexibility index (Phi) is 6.69. The Hall–Kier alpha value is -5.24. The van der Waals surface area contributed by atoms with E-state index >= 15 is 0 Å². The number of hydrogen-bond donors (Lipinski definition) is 0. The van der Waals surface area contributed by atoms with Gasteiger partial charge in [0.15, 0.2) is 0 Å². The molecule has 0 atom stereocenters. The van der Waals surface area contributed by atoms with Crippen molar-refractivity contribution in [2.75, 3.05) is 0 Å². The Morgan fingerprint density at radius 1 is 0.700 bits per heavy atom. The highest BCUT2D eigenvalue weighted by atomic mass is 16.6. The highest BCUT2D eigenvalue weighted by Crippen LogP contribution is 2.35. The fourth-order valence-corrected chi connectivity index (χ4v) is 4.53. The lowest BCUT2D eigenvalue weighted by atomic mass is 9.77. The Balaban J connectivity index is 1.25. The molecule has 0 aromatic heterocycles. The molecule has 2 heterocycles. The summed E-state index contributed by atoms with van der Waals surface area (Å²) in [4.78, 5) is 46.9. The first-order valence-corrected chi connectivity index (χ1v) is 12.4. The maximum absolute atomic E-state index is 11.8. The molecule has 5 rings (SSSR count). The molecule has 8 heteroatoms. The number of carbonyl (C=O) groups excluding carboxylic acids is 4. The quantitative estimate of drug-likeness (QED) is 0.140. The normalized spacial score (nSPS) is 14.6. The fourth-order valence-electron chi connectivity index (χ4n) is 4.53. The summed E-state index contributed by atoms with van der Waals surface area (Å²) in [7, 11) is 0. The van der Waals surface area contributed by atoms with Crippen LogP contribution in [0, 0.1) is 0 Å². The van der Waals surface area contributed by atoms with Crippen molar-refractivity contribution in [3.05, 3.63) is 125 Å². The van der Waals surface area contributed by atoms with Crippen LogP contribution >= 0.6 is 0 Å². The van der Waals surface area contributed by atoms with Crippen LogP contribution in [0.2, 0.25) is 0 Å². The summed E-state index contributed by atoms with van der Waals surface area (Å²) in [6.45, 7) is 10.0. The zero-order valence-corrected chi connectivity index (χ0v) is 22.0. The van der Waals surface area contributed by atoms with E-state index in [0.717, 1.165) is 11.1 Å². The highest BCUT2D eigenvalue weighted by Gasteiger charge is 2.31. The first kappa shape index (κ1) is 26.4. The average Bonchev–Trinajstić information content (AvgIpc) is 3.37. The predicted molar refractivity (Wildman–Crippen MR) is 145 cm³/mol. The van der Waals surface area contributed by atoms with E-state index in [1.165, 1.54) is 24.3 Å². The van der Waals surface area contributed by atoms with Crippen LogP contribution in [0.4, 0.5) is 0 Å². The lowest BCUT2D eigenvalue weighted by Gasteiger charge is -2.27. The minimum atomic E-state index is -0.700. The molecule has 8 nitrogen and oxygen atoms in total.